The van der Waals surface area contributed by atoms with E-state index in [1.165, 1.54) is 25.3 Å². The molecule has 0 aliphatic carbocycles. The van der Waals surface area contributed by atoms with E-state index in [9.17, 15) is 10.1 Å². The number of halogens is 1. The molecule has 21 heavy (non-hydrogen) atoms. The molecular formula is C12H13ClN4O4. The summed E-state index contributed by atoms with van der Waals surface area (Å²) in [5, 5.41) is 15.0. The van der Waals surface area contributed by atoms with Gasteiger partial charge < -0.3 is 15.0 Å². The Kier molecular flexibility index (Phi) is 4.21. The van der Waals surface area contributed by atoms with Crippen molar-refractivity contribution in [3.05, 3.63) is 39.2 Å². The molecule has 1 aromatic heterocycles. The van der Waals surface area contributed by atoms with Crippen molar-refractivity contribution < 1.29 is 14.2 Å². The molecule has 0 saturated carbocycles. The van der Waals surface area contributed by atoms with Crippen molar-refractivity contribution in [3.8, 4) is 11.5 Å². The zero-order valence-electron chi connectivity index (χ0n) is 11.4. The van der Waals surface area contributed by atoms with Crippen LogP contribution in [0.25, 0.3) is 11.5 Å². The summed E-state index contributed by atoms with van der Waals surface area (Å²) in [6.07, 6.45) is 0. The number of ether oxygens (including phenoxy) is 1. The number of nitro groups is 1. The van der Waals surface area contributed by atoms with Crippen LogP contribution < -0.4 is 5.73 Å². The van der Waals surface area contributed by atoms with Crippen molar-refractivity contribution in [3.63, 3.8) is 0 Å². The Morgan fingerprint density at radius 1 is 1.57 bits per heavy atom. The molecule has 0 aliphatic heterocycles. The van der Waals surface area contributed by atoms with Gasteiger partial charge in [0.1, 0.15) is 11.1 Å². The first-order valence-corrected chi connectivity index (χ1v) is 6.30. The van der Waals surface area contributed by atoms with E-state index in [4.69, 9.17) is 26.6 Å². The topological polar surface area (TPSA) is 117 Å². The predicted octanol–water partition coefficient (Wildman–Crippen LogP) is 2.12. The second-order valence-electron chi connectivity index (χ2n) is 4.66. The van der Waals surface area contributed by atoms with Crippen molar-refractivity contribution in [2.45, 2.75) is 12.5 Å². The number of hydrogen-bond donors (Lipinski definition) is 1. The summed E-state index contributed by atoms with van der Waals surface area (Å²) in [7, 11) is 1.49. The standard InChI is InChI=1S/C12H13ClN4O4/c1-12(14,6-20-2)11-15-10(21-16-11)9-7(13)4-3-5-8(9)17(18)19/h3-5H,6,14H2,1-2H3. The first kappa shape index (κ1) is 15.4. The highest BCUT2D eigenvalue weighted by Gasteiger charge is 2.30. The molecule has 0 radical (unpaired) electrons. The lowest BCUT2D eigenvalue weighted by Gasteiger charge is -2.18. The molecule has 2 rings (SSSR count). The Morgan fingerprint density at radius 3 is 2.90 bits per heavy atom. The second-order valence-corrected chi connectivity index (χ2v) is 5.07. The SMILES string of the molecule is COCC(C)(N)c1noc(-c2c(Cl)cccc2[N+](=O)[O-])n1. The lowest BCUT2D eigenvalue weighted by Crippen LogP contribution is -2.38. The zero-order chi connectivity index (χ0) is 15.6. The monoisotopic (exact) mass is 312 g/mol. The summed E-state index contributed by atoms with van der Waals surface area (Å²) in [5.41, 5.74) is 4.87. The van der Waals surface area contributed by atoms with Gasteiger partial charge in [-0.3, -0.25) is 10.1 Å². The number of nitro benzene ring substituents is 1. The van der Waals surface area contributed by atoms with Gasteiger partial charge in [-0.1, -0.05) is 22.8 Å². The van der Waals surface area contributed by atoms with Crippen molar-refractivity contribution in [1.29, 1.82) is 0 Å². The molecule has 2 aromatic rings. The molecule has 0 fully saturated rings. The first-order valence-electron chi connectivity index (χ1n) is 5.92. The van der Waals surface area contributed by atoms with Crippen LogP contribution in [0.3, 0.4) is 0 Å². The molecule has 0 saturated heterocycles. The van der Waals surface area contributed by atoms with Gasteiger partial charge in [0, 0.05) is 13.2 Å². The van der Waals surface area contributed by atoms with E-state index in [0.717, 1.165) is 0 Å². The number of hydrogen-bond acceptors (Lipinski definition) is 7. The summed E-state index contributed by atoms with van der Waals surface area (Å²) >= 11 is 6.00. The number of methoxy groups -OCH3 is 1. The van der Waals surface area contributed by atoms with Crippen molar-refractivity contribution in [2.24, 2.45) is 5.73 Å². The average Bonchev–Trinajstić information content (AvgIpc) is 2.88. The smallest absolute Gasteiger partial charge is 0.283 e. The summed E-state index contributed by atoms with van der Waals surface area (Å²) in [4.78, 5) is 14.6. The van der Waals surface area contributed by atoms with E-state index in [0.29, 0.717) is 0 Å². The number of aromatic nitrogens is 2. The van der Waals surface area contributed by atoms with E-state index in [1.54, 1.807) is 6.92 Å². The van der Waals surface area contributed by atoms with Crippen LogP contribution in [-0.2, 0) is 10.3 Å². The Morgan fingerprint density at radius 2 is 2.29 bits per heavy atom. The van der Waals surface area contributed by atoms with Crippen LogP contribution in [0.4, 0.5) is 5.69 Å². The molecule has 2 N–H and O–H groups in total. The van der Waals surface area contributed by atoms with E-state index >= 15 is 0 Å². The molecular weight excluding hydrogens is 300 g/mol. The highest BCUT2D eigenvalue weighted by molar-refractivity contribution is 6.33. The molecule has 112 valence electrons. The van der Waals surface area contributed by atoms with Gasteiger partial charge >= 0.3 is 0 Å². The third-order valence-corrected chi connectivity index (χ3v) is 3.10. The number of nitrogens with two attached hydrogens (primary N) is 1. The summed E-state index contributed by atoms with van der Waals surface area (Å²) < 4.78 is 10.1. The second kappa shape index (κ2) is 5.76. The van der Waals surface area contributed by atoms with Crippen LogP contribution in [0.2, 0.25) is 5.02 Å². The minimum atomic E-state index is -0.980. The summed E-state index contributed by atoms with van der Waals surface area (Å²) in [6, 6.07) is 4.28. The van der Waals surface area contributed by atoms with E-state index in [1.807, 2.05) is 0 Å². The van der Waals surface area contributed by atoms with Gasteiger partial charge in [0.05, 0.1) is 16.6 Å². The van der Waals surface area contributed by atoms with Gasteiger partial charge in [-0.25, -0.2) is 0 Å². The maximum atomic E-state index is 11.1. The number of rotatable bonds is 5. The minimum absolute atomic E-state index is 0.0601. The quantitative estimate of drug-likeness (QED) is 0.663. The summed E-state index contributed by atoms with van der Waals surface area (Å²) in [6.45, 7) is 1.82. The maximum absolute atomic E-state index is 11.1. The van der Waals surface area contributed by atoms with Crippen LogP contribution in [0.15, 0.2) is 22.7 Å². The average molecular weight is 313 g/mol. The van der Waals surface area contributed by atoms with Gasteiger partial charge in [0.25, 0.3) is 11.6 Å². The Balaban J connectivity index is 2.50. The highest BCUT2D eigenvalue weighted by atomic mass is 35.5. The molecule has 0 amide bonds. The molecule has 1 unspecified atom stereocenters. The number of nitrogens with zero attached hydrogens (tertiary/aromatic N) is 3. The highest BCUT2D eigenvalue weighted by Crippen LogP contribution is 2.35. The van der Waals surface area contributed by atoms with Gasteiger partial charge in [-0.15, -0.1) is 0 Å². The van der Waals surface area contributed by atoms with Crippen LogP contribution >= 0.6 is 11.6 Å². The normalized spacial score (nSPS) is 13.9. The lowest BCUT2D eigenvalue weighted by atomic mass is 10.1. The van der Waals surface area contributed by atoms with Crippen LogP contribution in [0.1, 0.15) is 12.7 Å². The minimum Gasteiger partial charge on any atom is -0.382 e. The molecule has 0 spiro atoms. The molecule has 1 atom stereocenters. The van der Waals surface area contributed by atoms with Gasteiger partial charge in [-0.2, -0.15) is 4.98 Å². The third kappa shape index (κ3) is 3.02. The molecule has 0 aliphatic rings. The van der Waals surface area contributed by atoms with Crippen molar-refractivity contribution in [1.82, 2.24) is 10.1 Å². The van der Waals surface area contributed by atoms with Gasteiger partial charge in [0.15, 0.2) is 5.82 Å². The summed E-state index contributed by atoms with van der Waals surface area (Å²) in [5.74, 6) is 0.114. The maximum Gasteiger partial charge on any atom is 0.283 e. The largest absolute Gasteiger partial charge is 0.382 e. The molecule has 1 aromatic carbocycles. The predicted molar refractivity (Wildman–Crippen MR) is 74.8 cm³/mol. The van der Waals surface area contributed by atoms with Crippen LogP contribution in [-0.4, -0.2) is 28.8 Å². The zero-order valence-corrected chi connectivity index (χ0v) is 12.1. The fourth-order valence-corrected chi connectivity index (χ4v) is 2.05. The van der Waals surface area contributed by atoms with Crippen LogP contribution in [0, 0.1) is 10.1 Å². The van der Waals surface area contributed by atoms with E-state index in [-0.39, 0.29) is 34.6 Å². The van der Waals surface area contributed by atoms with Crippen molar-refractivity contribution >= 4 is 17.3 Å². The third-order valence-electron chi connectivity index (χ3n) is 2.78. The molecule has 1 heterocycles. The fraction of sp³-hybridized carbons (Fsp3) is 0.333. The molecule has 9 heteroatoms. The van der Waals surface area contributed by atoms with E-state index in [2.05, 4.69) is 10.1 Å². The fourth-order valence-electron chi connectivity index (χ4n) is 1.80. The first-order chi connectivity index (χ1) is 9.86. The van der Waals surface area contributed by atoms with Crippen LogP contribution in [0.5, 0.6) is 0 Å². The van der Waals surface area contributed by atoms with E-state index < -0.39 is 10.5 Å². The Labute approximate surface area is 125 Å². The molecule has 8 nitrogen and oxygen atoms in total. The van der Waals surface area contributed by atoms with Crippen molar-refractivity contribution in [2.75, 3.05) is 13.7 Å². The lowest BCUT2D eigenvalue weighted by molar-refractivity contribution is -0.384. The molecule has 0 bridgehead atoms. The van der Waals surface area contributed by atoms with Gasteiger partial charge in [0.2, 0.25) is 0 Å². The Bertz CT molecular complexity index is 671. The number of benzene rings is 1. The van der Waals surface area contributed by atoms with Gasteiger partial charge in [-0.05, 0) is 13.0 Å². The Hall–Kier alpha value is -2.03.